The van der Waals surface area contributed by atoms with E-state index in [0.717, 1.165) is 4.90 Å². The standard InChI is InChI=1S/C7H12N2O3/c1-3-12-5-4-6(10)9(2)7(11)8-5/h5H,3-4H2,1-2H3,(H,8,11). The zero-order chi connectivity index (χ0) is 9.14. The van der Waals surface area contributed by atoms with Crippen LogP contribution in [0, 0.1) is 0 Å². The molecule has 12 heavy (non-hydrogen) atoms. The summed E-state index contributed by atoms with van der Waals surface area (Å²) in [5.41, 5.74) is 0. The first kappa shape index (κ1) is 8.99. The molecule has 1 rings (SSSR count). The number of hydrogen-bond acceptors (Lipinski definition) is 3. The maximum Gasteiger partial charge on any atom is 0.325 e. The molecule has 5 heteroatoms. The van der Waals surface area contributed by atoms with Crippen LogP contribution in [0.25, 0.3) is 0 Å². The summed E-state index contributed by atoms with van der Waals surface area (Å²) in [6, 6.07) is -0.398. The van der Waals surface area contributed by atoms with Crippen molar-refractivity contribution in [2.24, 2.45) is 0 Å². The number of carbonyl (C=O) groups is 2. The smallest absolute Gasteiger partial charge is 0.325 e. The molecule has 1 aliphatic heterocycles. The summed E-state index contributed by atoms with van der Waals surface area (Å²) >= 11 is 0. The highest BCUT2D eigenvalue weighted by Gasteiger charge is 2.28. The third-order valence-electron chi connectivity index (χ3n) is 1.69. The van der Waals surface area contributed by atoms with E-state index in [0.29, 0.717) is 6.61 Å². The topological polar surface area (TPSA) is 58.6 Å². The molecule has 68 valence electrons. The minimum atomic E-state index is -0.453. The highest BCUT2D eigenvalue weighted by molar-refractivity contribution is 5.96. The molecular formula is C7H12N2O3. The van der Waals surface area contributed by atoms with Gasteiger partial charge in [-0.25, -0.2) is 4.79 Å². The van der Waals surface area contributed by atoms with Crippen molar-refractivity contribution < 1.29 is 14.3 Å². The first-order chi connectivity index (χ1) is 5.65. The fraction of sp³-hybridized carbons (Fsp3) is 0.714. The molecule has 1 saturated heterocycles. The minimum absolute atomic E-state index is 0.211. The van der Waals surface area contributed by atoms with Crippen molar-refractivity contribution in [2.75, 3.05) is 13.7 Å². The predicted octanol–water partition coefficient (Wildman–Crippen LogP) is -0.0793. The molecule has 0 aromatic heterocycles. The first-order valence-corrected chi connectivity index (χ1v) is 3.83. The van der Waals surface area contributed by atoms with Gasteiger partial charge in [0.05, 0.1) is 6.42 Å². The van der Waals surface area contributed by atoms with Crippen molar-refractivity contribution in [1.82, 2.24) is 10.2 Å². The molecule has 0 spiro atoms. The van der Waals surface area contributed by atoms with Crippen molar-refractivity contribution in [3.8, 4) is 0 Å². The maximum absolute atomic E-state index is 11.1. The van der Waals surface area contributed by atoms with Crippen LogP contribution in [-0.4, -0.2) is 36.7 Å². The average Bonchev–Trinajstić information content (AvgIpc) is 2.01. The fourth-order valence-corrected chi connectivity index (χ4v) is 0.996. The molecule has 1 unspecified atom stereocenters. The molecular weight excluding hydrogens is 160 g/mol. The van der Waals surface area contributed by atoms with Crippen LogP contribution in [0.3, 0.4) is 0 Å². The van der Waals surface area contributed by atoms with Crippen LogP contribution in [0.15, 0.2) is 0 Å². The van der Waals surface area contributed by atoms with E-state index in [1.165, 1.54) is 7.05 Å². The first-order valence-electron chi connectivity index (χ1n) is 3.83. The number of carbonyl (C=O) groups excluding carboxylic acids is 2. The number of nitrogens with zero attached hydrogens (tertiary/aromatic N) is 1. The van der Waals surface area contributed by atoms with Crippen LogP contribution in [0.4, 0.5) is 4.79 Å². The Labute approximate surface area is 70.7 Å². The Morgan fingerprint density at radius 1 is 1.67 bits per heavy atom. The second-order valence-corrected chi connectivity index (χ2v) is 2.55. The minimum Gasteiger partial charge on any atom is -0.358 e. The molecule has 0 aromatic carbocycles. The largest absolute Gasteiger partial charge is 0.358 e. The lowest BCUT2D eigenvalue weighted by molar-refractivity contribution is -0.133. The van der Waals surface area contributed by atoms with E-state index < -0.39 is 12.3 Å². The van der Waals surface area contributed by atoms with Gasteiger partial charge in [-0.15, -0.1) is 0 Å². The molecule has 1 aliphatic rings. The molecule has 1 atom stereocenters. The van der Waals surface area contributed by atoms with Gasteiger partial charge < -0.3 is 10.1 Å². The molecule has 1 fully saturated rings. The van der Waals surface area contributed by atoms with Crippen molar-refractivity contribution in [3.05, 3.63) is 0 Å². The van der Waals surface area contributed by atoms with Gasteiger partial charge in [-0.1, -0.05) is 0 Å². The molecule has 1 heterocycles. The van der Waals surface area contributed by atoms with E-state index in [9.17, 15) is 9.59 Å². The zero-order valence-electron chi connectivity index (χ0n) is 7.16. The lowest BCUT2D eigenvalue weighted by Crippen LogP contribution is -2.53. The summed E-state index contributed by atoms with van der Waals surface area (Å²) in [7, 11) is 1.44. The van der Waals surface area contributed by atoms with Gasteiger partial charge in [-0.3, -0.25) is 9.69 Å². The number of ether oxygens (including phenoxy) is 1. The summed E-state index contributed by atoms with van der Waals surface area (Å²) < 4.78 is 5.09. The number of amides is 3. The van der Waals surface area contributed by atoms with Gasteiger partial charge in [0.15, 0.2) is 0 Å². The predicted molar refractivity (Wildman–Crippen MR) is 41.3 cm³/mol. The third kappa shape index (κ3) is 1.73. The monoisotopic (exact) mass is 172 g/mol. The molecule has 0 saturated carbocycles. The van der Waals surface area contributed by atoms with E-state index in [-0.39, 0.29) is 12.3 Å². The van der Waals surface area contributed by atoms with Gasteiger partial charge in [0.25, 0.3) is 0 Å². The van der Waals surface area contributed by atoms with E-state index in [1.54, 1.807) is 0 Å². The number of nitrogens with one attached hydrogen (secondary N) is 1. The van der Waals surface area contributed by atoms with Gasteiger partial charge in [0.1, 0.15) is 6.23 Å². The highest BCUT2D eigenvalue weighted by atomic mass is 16.5. The molecule has 1 N–H and O–H groups in total. The Kier molecular flexibility index (Phi) is 2.65. The van der Waals surface area contributed by atoms with Gasteiger partial charge in [-0.05, 0) is 6.92 Å². The van der Waals surface area contributed by atoms with E-state index in [1.807, 2.05) is 6.92 Å². The molecule has 3 amide bonds. The molecule has 0 aromatic rings. The van der Waals surface area contributed by atoms with Crippen LogP contribution in [-0.2, 0) is 9.53 Å². The fourth-order valence-electron chi connectivity index (χ4n) is 0.996. The van der Waals surface area contributed by atoms with Crippen molar-refractivity contribution >= 4 is 11.9 Å². The number of hydrogen-bond donors (Lipinski definition) is 1. The molecule has 0 aliphatic carbocycles. The Morgan fingerprint density at radius 3 is 2.83 bits per heavy atom. The quantitative estimate of drug-likeness (QED) is 0.633. The van der Waals surface area contributed by atoms with Gasteiger partial charge in [0.2, 0.25) is 5.91 Å². The summed E-state index contributed by atoms with van der Waals surface area (Å²) in [6.07, 6.45) is -0.234. The lowest BCUT2D eigenvalue weighted by atomic mass is 10.3. The highest BCUT2D eigenvalue weighted by Crippen LogP contribution is 2.05. The van der Waals surface area contributed by atoms with Crippen LogP contribution < -0.4 is 5.32 Å². The van der Waals surface area contributed by atoms with E-state index in [2.05, 4.69) is 5.32 Å². The number of imide groups is 1. The Balaban J connectivity index is 2.54. The zero-order valence-corrected chi connectivity index (χ0v) is 7.16. The number of rotatable bonds is 2. The Bertz CT molecular complexity index is 187. The average molecular weight is 172 g/mol. The normalized spacial score (nSPS) is 24.2. The van der Waals surface area contributed by atoms with Gasteiger partial charge >= 0.3 is 6.03 Å². The van der Waals surface area contributed by atoms with Crippen LogP contribution >= 0.6 is 0 Å². The Hall–Kier alpha value is -1.10. The van der Waals surface area contributed by atoms with E-state index in [4.69, 9.17) is 4.74 Å². The summed E-state index contributed by atoms with van der Waals surface area (Å²) in [5, 5.41) is 2.54. The molecule has 0 bridgehead atoms. The summed E-state index contributed by atoms with van der Waals surface area (Å²) in [4.78, 5) is 23.1. The van der Waals surface area contributed by atoms with Crippen LogP contribution in [0.5, 0.6) is 0 Å². The molecule has 0 radical (unpaired) electrons. The second-order valence-electron chi connectivity index (χ2n) is 2.55. The van der Waals surface area contributed by atoms with Gasteiger partial charge in [-0.2, -0.15) is 0 Å². The summed E-state index contributed by atoms with van der Waals surface area (Å²) in [6.45, 7) is 2.30. The SMILES string of the molecule is CCOC1CC(=O)N(C)C(=O)N1. The number of urea groups is 1. The van der Waals surface area contributed by atoms with Crippen LogP contribution in [0.1, 0.15) is 13.3 Å². The van der Waals surface area contributed by atoms with Crippen LogP contribution in [0.2, 0.25) is 0 Å². The Morgan fingerprint density at radius 2 is 2.33 bits per heavy atom. The lowest BCUT2D eigenvalue weighted by Gasteiger charge is -2.28. The third-order valence-corrected chi connectivity index (χ3v) is 1.69. The summed E-state index contributed by atoms with van der Waals surface area (Å²) in [5.74, 6) is -0.211. The van der Waals surface area contributed by atoms with Gasteiger partial charge in [0, 0.05) is 13.7 Å². The van der Waals surface area contributed by atoms with Crippen molar-refractivity contribution in [3.63, 3.8) is 0 Å². The maximum atomic E-state index is 11.1. The van der Waals surface area contributed by atoms with Crippen molar-refractivity contribution in [1.29, 1.82) is 0 Å². The second kappa shape index (κ2) is 3.53. The molecule has 5 nitrogen and oxygen atoms in total. The van der Waals surface area contributed by atoms with E-state index >= 15 is 0 Å². The van der Waals surface area contributed by atoms with Crippen molar-refractivity contribution in [2.45, 2.75) is 19.6 Å².